The molecule has 1 aliphatic heterocycles. The second kappa shape index (κ2) is 12.6. The molecule has 0 radical (unpaired) electrons. The van der Waals surface area contributed by atoms with Gasteiger partial charge >= 0.3 is 0 Å². The number of para-hydroxylation sites is 2. The van der Waals surface area contributed by atoms with E-state index in [-0.39, 0.29) is 5.91 Å². The number of ether oxygens (including phenoxy) is 1. The average Bonchev–Trinajstić information content (AvgIpc) is 3.44. The van der Waals surface area contributed by atoms with E-state index in [0.717, 1.165) is 35.5 Å². The molecule has 7 nitrogen and oxygen atoms in total. The maximum atomic E-state index is 13.2. The molecule has 1 amide bonds. The van der Waals surface area contributed by atoms with E-state index in [0.29, 0.717) is 39.0 Å². The Hall–Kier alpha value is -3.91. The lowest BCUT2D eigenvalue weighted by molar-refractivity contribution is -0.131. The Bertz CT molecular complexity index is 1310. The van der Waals surface area contributed by atoms with Crippen molar-refractivity contribution in [1.29, 1.82) is 0 Å². The third kappa shape index (κ3) is 6.50. The fourth-order valence-corrected chi connectivity index (χ4v) is 5.46. The lowest BCUT2D eigenvalue weighted by atomic mass is 10.1. The minimum Gasteiger partial charge on any atom is -0.495 e. The first kappa shape index (κ1) is 25.7. The number of anilines is 2. The van der Waals surface area contributed by atoms with Crippen LogP contribution in [0.4, 0.5) is 10.8 Å². The van der Waals surface area contributed by atoms with Crippen molar-refractivity contribution in [1.82, 2.24) is 14.3 Å². The second-order valence-corrected chi connectivity index (χ2v) is 10.1. The van der Waals surface area contributed by atoms with Gasteiger partial charge < -0.3 is 19.4 Å². The van der Waals surface area contributed by atoms with Crippen LogP contribution in [-0.2, 0) is 17.8 Å². The largest absolute Gasteiger partial charge is 0.495 e. The molecule has 0 atom stereocenters. The summed E-state index contributed by atoms with van der Waals surface area (Å²) in [6.07, 6.45) is 1.14. The predicted octanol–water partition coefficient (Wildman–Crippen LogP) is 4.88. The highest BCUT2D eigenvalue weighted by atomic mass is 32.1. The lowest BCUT2D eigenvalue weighted by Crippen LogP contribution is -2.49. The van der Waals surface area contributed by atoms with Crippen LogP contribution in [-0.4, -0.2) is 60.0 Å². The van der Waals surface area contributed by atoms with Crippen LogP contribution < -0.4 is 14.5 Å². The minimum absolute atomic E-state index is 0.178. The van der Waals surface area contributed by atoms with Gasteiger partial charge in [0.15, 0.2) is 0 Å². The lowest BCUT2D eigenvalue weighted by Gasteiger charge is -2.37. The molecule has 0 saturated carbocycles. The fourth-order valence-electron chi connectivity index (χ4n) is 4.75. The molecular weight excluding hydrogens is 494 g/mol. The normalized spacial score (nSPS) is 13.4. The zero-order chi connectivity index (χ0) is 26.2. The van der Waals surface area contributed by atoms with Gasteiger partial charge in [-0.2, -0.15) is 4.37 Å². The topological polar surface area (TPSA) is 61.8 Å². The summed E-state index contributed by atoms with van der Waals surface area (Å²) in [7, 11) is 1.70. The van der Waals surface area contributed by atoms with Crippen molar-refractivity contribution in [3.63, 3.8) is 0 Å². The van der Waals surface area contributed by atoms with Crippen molar-refractivity contribution < 1.29 is 9.53 Å². The molecule has 3 aromatic carbocycles. The molecule has 4 aromatic rings. The van der Waals surface area contributed by atoms with Crippen LogP contribution in [0.2, 0.25) is 0 Å². The van der Waals surface area contributed by atoms with Crippen LogP contribution in [0.5, 0.6) is 5.75 Å². The highest BCUT2D eigenvalue weighted by Crippen LogP contribution is 2.28. The van der Waals surface area contributed by atoms with Gasteiger partial charge in [0, 0.05) is 63.6 Å². The number of hydrogen-bond donors (Lipinski definition) is 0. The van der Waals surface area contributed by atoms with Crippen LogP contribution >= 0.6 is 11.5 Å². The van der Waals surface area contributed by atoms with E-state index in [2.05, 4.69) is 44.5 Å². The van der Waals surface area contributed by atoms with Gasteiger partial charge in [0.05, 0.1) is 12.8 Å². The van der Waals surface area contributed by atoms with Gasteiger partial charge in [-0.15, -0.1) is 0 Å². The average molecular weight is 528 g/mol. The summed E-state index contributed by atoms with van der Waals surface area (Å²) in [4.78, 5) is 24.5. The summed E-state index contributed by atoms with van der Waals surface area (Å²) in [5.74, 6) is 1.86. The van der Waals surface area contributed by atoms with E-state index < -0.39 is 0 Å². The molecule has 5 rings (SSSR count). The van der Waals surface area contributed by atoms with Crippen LogP contribution in [0.3, 0.4) is 0 Å². The predicted molar refractivity (Wildman–Crippen MR) is 153 cm³/mol. The molecule has 1 saturated heterocycles. The van der Waals surface area contributed by atoms with Gasteiger partial charge in [0.2, 0.25) is 11.0 Å². The third-order valence-electron chi connectivity index (χ3n) is 6.80. The van der Waals surface area contributed by atoms with Gasteiger partial charge in [0.25, 0.3) is 0 Å². The highest BCUT2D eigenvalue weighted by molar-refractivity contribution is 7.09. The Balaban J connectivity index is 1.21. The monoisotopic (exact) mass is 527 g/mol. The summed E-state index contributed by atoms with van der Waals surface area (Å²) >= 11 is 1.41. The zero-order valence-corrected chi connectivity index (χ0v) is 22.5. The molecule has 8 heteroatoms. The highest BCUT2D eigenvalue weighted by Gasteiger charge is 2.24. The molecule has 1 fully saturated rings. The summed E-state index contributed by atoms with van der Waals surface area (Å²) in [6, 6.07) is 28.6. The van der Waals surface area contributed by atoms with Crippen molar-refractivity contribution in [3.05, 3.63) is 102 Å². The van der Waals surface area contributed by atoms with Crippen molar-refractivity contribution in [3.8, 4) is 5.75 Å². The smallest absolute Gasteiger partial charge is 0.224 e. The number of carbonyl (C=O) groups excluding carboxylic acids is 1. The molecule has 0 bridgehead atoms. The molecule has 0 aliphatic carbocycles. The molecule has 2 heterocycles. The number of benzene rings is 3. The van der Waals surface area contributed by atoms with Crippen LogP contribution in [0.15, 0.2) is 84.9 Å². The van der Waals surface area contributed by atoms with E-state index in [4.69, 9.17) is 9.72 Å². The molecule has 196 valence electrons. The summed E-state index contributed by atoms with van der Waals surface area (Å²) in [5.41, 5.74) is 3.46. The van der Waals surface area contributed by atoms with Crippen LogP contribution in [0.25, 0.3) is 0 Å². The first-order valence-corrected chi connectivity index (χ1v) is 13.8. The van der Waals surface area contributed by atoms with E-state index >= 15 is 0 Å². The Morgan fingerprint density at radius 3 is 2.26 bits per heavy atom. The third-order valence-corrected chi connectivity index (χ3v) is 7.62. The van der Waals surface area contributed by atoms with Crippen molar-refractivity contribution in [2.45, 2.75) is 19.4 Å². The number of rotatable bonds is 10. The molecule has 0 N–H and O–H groups in total. The van der Waals surface area contributed by atoms with Crippen molar-refractivity contribution >= 4 is 28.3 Å². The molecule has 38 heavy (non-hydrogen) atoms. The van der Waals surface area contributed by atoms with E-state index in [9.17, 15) is 4.79 Å². The number of piperazine rings is 1. The van der Waals surface area contributed by atoms with Gasteiger partial charge in [0.1, 0.15) is 11.6 Å². The Labute approximate surface area is 228 Å². The Morgan fingerprint density at radius 2 is 1.55 bits per heavy atom. The Morgan fingerprint density at radius 1 is 0.895 bits per heavy atom. The standard InChI is InChI=1S/C30H33N5O2S/c1-37-27-15-9-8-14-26(27)33-18-20-34(21-19-33)29(36)16-17-35(23-25-12-6-3-7-13-25)30-31-28(32-38-30)22-24-10-4-2-5-11-24/h2-15H,16-23H2,1H3. The molecule has 0 spiro atoms. The summed E-state index contributed by atoms with van der Waals surface area (Å²) < 4.78 is 10.1. The number of methoxy groups -OCH3 is 1. The zero-order valence-electron chi connectivity index (χ0n) is 21.7. The first-order valence-electron chi connectivity index (χ1n) is 13.0. The summed E-state index contributed by atoms with van der Waals surface area (Å²) in [5, 5.41) is 0.855. The number of carbonyl (C=O) groups is 1. The number of hydrogen-bond acceptors (Lipinski definition) is 7. The van der Waals surface area contributed by atoms with E-state index in [1.54, 1.807) is 7.11 Å². The van der Waals surface area contributed by atoms with E-state index in [1.165, 1.54) is 22.7 Å². The SMILES string of the molecule is COc1ccccc1N1CCN(C(=O)CCN(Cc2ccccc2)c2nc(Cc3ccccc3)ns2)CC1. The van der Waals surface area contributed by atoms with E-state index in [1.807, 2.05) is 59.5 Å². The first-order chi connectivity index (χ1) is 18.7. The minimum atomic E-state index is 0.178. The van der Waals surface area contributed by atoms with Gasteiger partial charge in [-0.3, -0.25) is 4.79 Å². The molecular formula is C30H33N5O2S. The van der Waals surface area contributed by atoms with Gasteiger partial charge in [-0.1, -0.05) is 72.8 Å². The second-order valence-electron chi connectivity index (χ2n) is 9.35. The van der Waals surface area contributed by atoms with Gasteiger partial charge in [-0.25, -0.2) is 4.98 Å². The van der Waals surface area contributed by atoms with Crippen LogP contribution in [0, 0.1) is 0 Å². The summed E-state index contributed by atoms with van der Waals surface area (Å²) in [6.45, 7) is 4.28. The van der Waals surface area contributed by atoms with Crippen molar-refractivity contribution in [2.24, 2.45) is 0 Å². The number of amides is 1. The number of aromatic nitrogens is 2. The maximum Gasteiger partial charge on any atom is 0.224 e. The van der Waals surface area contributed by atoms with Gasteiger partial charge in [-0.05, 0) is 23.3 Å². The molecule has 1 aromatic heterocycles. The fraction of sp³-hybridized carbons (Fsp3) is 0.300. The maximum absolute atomic E-state index is 13.2. The molecule has 1 aliphatic rings. The Kier molecular flexibility index (Phi) is 8.50. The molecule has 0 unspecified atom stereocenters. The quantitative estimate of drug-likeness (QED) is 0.293. The van der Waals surface area contributed by atoms with Crippen LogP contribution in [0.1, 0.15) is 23.4 Å². The van der Waals surface area contributed by atoms with Crippen molar-refractivity contribution in [2.75, 3.05) is 49.6 Å². The number of nitrogens with zero attached hydrogens (tertiary/aromatic N) is 5.